The molecule has 1 heterocycles. The van der Waals surface area contributed by atoms with E-state index in [-0.39, 0.29) is 12.4 Å². The lowest BCUT2D eigenvalue weighted by Gasteiger charge is -2.14. The molecule has 0 unspecified atom stereocenters. The number of benzene rings is 3. The van der Waals surface area contributed by atoms with Crippen LogP contribution in [-0.4, -0.2) is 23.8 Å². The van der Waals surface area contributed by atoms with Gasteiger partial charge in [-0.15, -0.1) is 0 Å². The first kappa shape index (κ1) is 21.2. The summed E-state index contributed by atoms with van der Waals surface area (Å²) < 4.78 is 23.9. The predicted octanol–water partition coefficient (Wildman–Crippen LogP) is 5.28. The highest BCUT2D eigenvalue weighted by Crippen LogP contribution is 2.25. The van der Waals surface area contributed by atoms with Gasteiger partial charge in [0.1, 0.15) is 18.2 Å². The van der Waals surface area contributed by atoms with E-state index in [1.54, 1.807) is 24.3 Å². The average Bonchev–Trinajstić information content (AvgIpc) is 2.83. The van der Waals surface area contributed by atoms with Crippen LogP contribution in [0.4, 0.5) is 4.39 Å². The van der Waals surface area contributed by atoms with Crippen molar-refractivity contribution in [3.05, 3.63) is 107 Å². The van der Waals surface area contributed by atoms with Gasteiger partial charge in [0.2, 0.25) is 0 Å². The quantitative estimate of drug-likeness (QED) is 0.308. The average molecular weight is 429 g/mol. The molecular weight excluding hydrogens is 409 g/mol. The van der Waals surface area contributed by atoms with Gasteiger partial charge >= 0.3 is 5.97 Å². The molecule has 0 aliphatic carbocycles. The van der Waals surface area contributed by atoms with E-state index >= 15 is 0 Å². The first-order valence-corrected chi connectivity index (χ1v) is 9.97. The number of para-hydroxylation sites is 1. The van der Waals surface area contributed by atoms with E-state index in [0.717, 1.165) is 16.5 Å². The lowest BCUT2D eigenvalue weighted by atomic mass is 10.0. The number of pyridine rings is 1. The van der Waals surface area contributed by atoms with Gasteiger partial charge in [-0.1, -0.05) is 18.2 Å². The maximum absolute atomic E-state index is 13.1. The van der Waals surface area contributed by atoms with E-state index in [4.69, 9.17) is 9.47 Å². The first-order valence-electron chi connectivity index (χ1n) is 9.97. The Kier molecular flexibility index (Phi) is 5.94. The van der Waals surface area contributed by atoms with Gasteiger partial charge in [0, 0.05) is 16.5 Å². The lowest BCUT2D eigenvalue weighted by molar-refractivity contribution is 0.0596. The van der Waals surface area contributed by atoms with Gasteiger partial charge in [-0.05, 0) is 67.1 Å². The molecule has 4 aromatic rings. The molecule has 0 aliphatic heterocycles. The van der Waals surface area contributed by atoms with Crippen LogP contribution in [-0.2, 0) is 11.3 Å². The standard InChI is InChI=1S/C26H20FNO4/c1-16-21-5-3-4-6-22(21)28-23(24(16)26(30)31-2)15-32-20-13-9-18(10-14-20)25(29)17-7-11-19(27)12-8-17/h3-14H,15H2,1-2H3. The summed E-state index contributed by atoms with van der Waals surface area (Å²) in [5, 5.41) is 0.875. The van der Waals surface area contributed by atoms with Crippen LogP contribution in [0.25, 0.3) is 10.9 Å². The molecule has 6 heteroatoms. The van der Waals surface area contributed by atoms with E-state index in [9.17, 15) is 14.0 Å². The third kappa shape index (κ3) is 4.21. The third-order valence-corrected chi connectivity index (χ3v) is 5.22. The third-order valence-electron chi connectivity index (χ3n) is 5.22. The summed E-state index contributed by atoms with van der Waals surface area (Å²) in [5.74, 6) is -0.561. The number of esters is 1. The van der Waals surface area contributed by atoms with E-state index in [1.165, 1.54) is 31.4 Å². The van der Waals surface area contributed by atoms with Crippen LogP contribution in [0, 0.1) is 12.7 Å². The summed E-state index contributed by atoms with van der Waals surface area (Å²) >= 11 is 0. The van der Waals surface area contributed by atoms with Crippen LogP contribution in [0.15, 0.2) is 72.8 Å². The number of carbonyl (C=O) groups is 2. The number of nitrogens with zero attached hydrogens (tertiary/aromatic N) is 1. The van der Waals surface area contributed by atoms with Gasteiger partial charge in [0.15, 0.2) is 5.78 Å². The summed E-state index contributed by atoms with van der Waals surface area (Å²) in [6, 6.07) is 19.6. The zero-order valence-corrected chi connectivity index (χ0v) is 17.6. The normalized spacial score (nSPS) is 10.7. The molecule has 5 nitrogen and oxygen atoms in total. The highest BCUT2D eigenvalue weighted by Gasteiger charge is 2.20. The number of ketones is 1. The van der Waals surface area contributed by atoms with Gasteiger partial charge in [0.05, 0.1) is 23.9 Å². The molecule has 0 spiro atoms. The Morgan fingerprint density at radius 1 is 0.906 bits per heavy atom. The summed E-state index contributed by atoms with van der Waals surface area (Å²) in [5.41, 5.74) is 3.25. The molecule has 0 bridgehead atoms. The van der Waals surface area contributed by atoms with Crippen LogP contribution in [0.2, 0.25) is 0 Å². The second kappa shape index (κ2) is 8.98. The van der Waals surface area contributed by atoms with Crippen molar-refractivity contribution in [2.45, 2.75) is 13.5 Å². The van der Waals surface area contributed by atoms with Crippen molar-refractivity contribution in [1.29, 1.82) is 0 Å². The van der Waals surface area contributed by atoms with E-state index in [2.05, 4.69) is 4.98 Å². The van der Waals surface area contributed by atoms with Gasteiger partial charge in [-0.25, -0.2) is 14.2 Å². The molecule has 1 aromatic heterocycles. The molecule has 3 aromatic carbocycles. The predicted molar refractivity (Wildman–Crippen MR) is 118 cm³/mol. The van der Waals surface area contributed by atoms with Gasteiger partial charge in [-0.3, -0.25) is 4.79 Å². The smallest absolute Gasteiger partial charge is 0.340 e. The first-order chi connectivity index (χ1) is 15.5. The molecule has 0 atom stereocenters. The molecular formula is C26H20FNO4. The van der Waals surface area contributed by atoms with Crippen molar-refractivity contribution >= 4 is 22.7 Å². The zero-order valence-electron chi connectivity index (χ0n) is 17.6. The Morgan fingerprint density at radius 2 is 1.53 bits per heavy atom. The SMILES string of the molecule is COC(=O)c1c(COc2ccc(C(=O)c3ccc(F)cc3)cc2)nc2ccccc2c1C. The molecule has 0 aliphatic rings. The topological polar surface area (TPSA) is 65.5 Å². The van der Waals surface area contributed by atoms with Gasteiger partial charge in [0.25, 0.3) is 0 Å². The number of halogens is 1. The molecule has 32 heavy (non-hydrogen) atoms. The molecule has 0 saturated heterocycles. The van der Waals surface area contributed by atoms with Crippen LogP contribution in [0.5, 0.6) is 5.75 Å². The summed E-state index contributed by atoms with van der Waals surface area (Å²) in [6.45, 7) is 1.91. The molecule has 0 radical (unpaired) electrons. The number of hydrogen-bond donors (Lipinski definition) is 0. The zero-order chi connectivity index (χ0) is 22.7. The number of rotatable bonds is 6. The van der Waals surface area contributed by atoms with Crippen LogP contribution in [0.3, 0.4) is 0 Å². The van der Waals surface area contributed by atoms with Crippen molar-refractivity contribution in [2.24, 2.45) is 0 Å². The number of fused-ring (bicyclic) bond motifs is 1. The Bertz CT molecular complexity index is 1300. The summed E-state index contributed by atoms with van der Waals surface area (Å²) in [7, 11) is 1.33. The highest BCUT2D eigenvalue weighted by atomic mass is 19.1. The van der Waals surface area contributed by atoms with E-state index in [1.807, 2.05) is 31.2 Å². The Balaban J connectivity index is 1.56. The number of aromatic nitrogens is 1. The lowest BCUT2D eigenvalue weighted by Crippen LogP contribution is -2.13. The number of aryl methyl sites for hydroxylation is 1. The molecule has 0 N–H and O–H groups in total. The maximum atomic E-state index is 13.1. The minimum absolute atomic E-state index is 0.0569. The second-order valence-corrected chi connectivity index (χ2v) is 7.22. The minimum Gasteiger partial charge on any atom is -0.487 e. The number of ether oxygens (including phenoxy) is 2. The van der Waals surface area contributed by atoms with Gasteiger partial charge < -0.3 is 9.47 Å². The van der Waals surface area contributed by atoms with Crippen molar-refractivity contribution in [3.63, 3.8) is 0 Å². The molecule has 0 saturated carbocycles. The van der Waals surface area contributed by atoms with Crippen molar-refractivity contribution < 1.29 is 23.5 Å². The monoisotopic (exact) mass is 429 g/mol. The van der Waals surface area contributed by atoms with Gasteiger partial charge in [-0.2, -0.15) is 0 Å². The molecule has 4 rings (SSSR count). The van der Waals surface area contributed by atoms with E-state index in [0.29, 0.717) is 28.1 Å². The Labute approximate surface area is 184 Å². The van der Waals surface area contributed by atoms with Crippen LogP contribution < -0.4 is 4.74 Å². The molecule has 160 valence electrons. The van der Waals surface area contributed by atoms with Crippen molar-refractivity contribution in [3.8, 4) is 5.75 Å². The maximum Gasteiger partial charge on any atom is 0.340 e. The summed E-state index contributed by atoms with van der Waals surface area (Å²) in [4.78, 5) is 29.5. The second-order valence-electron chi connectivity index (χ2n) is 7.22. The number of carbonyl (C=O) groups excluding carboxylic acids is 2. The number of hydrogen-bond acceptors (Lipinski definition) is 5. The van der Waals surface area contributed by atoms with Crippen LogP contribution in [0.1, 0.15) is 37.5 Å². The fraction of sp³-hybridized carbons (Fsp3) is 0.115. The molecule has 0 fully saturated rings. The van der Waals surface area contributed by atoms with Crippen molar-refractivity contribution in [1.82, 2.24) is 4.98 Å². The number of methoxy groups -OCH3 is 1. The summed E-state index contributed by atoms with van der Waals surface area (Å²) in [6.07, 6.45) is 0. The highest BCUT2D eigenvalue weighted by molar-refractivity contribution is 6.09. The van der Waals surface area contributed by atoms with Crippen molar-refractivity contribution in [2.75, 3.05) is 7.11 Å². The van der Waals surface area contributed by atoms with E-state index < -0.39 is 11.8 Å². The fourth-order valence-corrected chi connectivity index (χ4v) is 3.54. The Morgan fingerprint density at radius 3 is 2.19 bits per heavy atom. The fourth-order valence-electron chi connectivity index (χ4n) is 3.54. The van der Waals surface area contributed by atoms with Crippen LogP contribution >= 0.6 is 0 Å². The molecule has 0 amide bonds. The largest absolute Gasteiger partial charge is 0.487 e. The minimum atomic E-state index is -0.473. The Hall–Kier alpha value is -4.06.